The summed E-state index contributed by atoms with van der Waals surface area (Å²) in [7, 11) is 0. The van der Waals surface area contributed by atoms with Crippen molar-refractivity contribution in [1.29, 1.82) is 0 Å². The molecule has 2 heteroatoms. The highest BCUT2D eigenvalue weighted by atomic mass is 14.9. The molecule has 0 saturated carbocycles. The summed E-state index contributed by atoms with van der Waals surface area (Å²) in [5.74, 6) is 0.794. The van der Waals surface area contributed by atoms with Crippen molar-refractivity contribution in [2.24, 2.45) is 0 Å². The average molecular weight is 387 g/mol. The van der Waals surface area contributed by atoms with Crippen molar-refractivity contribution in [3.63, 3.8) is 0 Å². The van der Waals surface area contributed by atoms with Crippen molar-refractivity contribution in [1.82, 2.24) is 9.97 Å². The van der Waals surface area contributed by atoms with E-state index in [1.165, 1.54) is 61.6 Å². The van der Waals surface area contributed by atoms with E-state index in [1.54, 1.807) is 0 Å². The van der Waals surface area contributed by atoms with E-state index in [1.807, 2.05) is 12.4 Å². The number of nitrogens with zero attached hydrogens (tertiary/aromatic N) is 2. The van der Waals surface area contributed by atoms with E-state index >= 15 is 0 Å². The Hall–Kier alpha value is -2.48. The van der Waals surface area contributed by atoms with Crippen molar-refractivity contribution < 1.29 is 0 Å². The third-order valence-electron chi connectivity index (χ3n) is 5.54. The average Bonchev–Trinajstić information content (AvgIpc) is 2.78. The summed E-state index contributed by atoms with van der Waals surface area (Å²) >= 11 is 0. The van der Waals surface area contributed by atoms with E-state index in [9.17, 15) is 0 Å². The predicted octanol–water partition coefficient (Wildman–Crippen LogP) is 7.67. The van der Waals surface area contributed by atoms with E-state index in [0.717, 1.165) is 29.8 Å². The summed E-state index contributed by atoms with van der Waals surface area (Å²) in [6.07, 6.45) is 15.3. The molecular weight excluding hydrogens is 352 g/mol. The molecule has 152 valence electrons. The van der Waals surface area contributed by atoms with Gasteiger partial charge in [0.2, 0.25) is 0 Å². The normalized spacial score (nSPS) is 11.0. The van der Waals surface area contributed by atoms with Gasteiger partial charge >= 0.3 is 0 Å². The Balaban J connectivity index is 1.58. The van der Waals surface area contributed by atoms with Gasteiger partial charge in [0, 0.05) is 23.5 Å². The Bertz CT molecular complexity index is 833. The molecule has 0 bridgehead atoms. The Kier molecular flexibility index (Phi) is 8.42. The standard InChI is InChI=1S/C27H34N2/c1-3-5-7-8-9-11-23-14-18-25(19-15-23)27-28-20-26(21-29-27)24-16-12-22(13-17-24)10-6-4-2/h12-21H,3-11H2,1-2H3. The van der Waals surface area contributed by atoms with Gasteiger partial charge in [-0.25, -0.2) is 9.97 Å². The molecule has 29 heavy (non-hydrogen) atoms. The molecule has 0 aliphatic rings. The Morgan fingerprint density at radius 1 is 0.517 bits per heavy atom. The van der Waals surface area contributed by atoms with Gasteiger partial charge in [0.15, 0.2) is 5.82 Å². The summed E-state index contributed by atoms with van der Waals surface area (Å²) < 4.78 is 0. The fourth-order valence-corrected chi connectivity index (χ4v) is 3.62. The summed E-state index contributed by atoms with van der Waals surface area (Å²) in [5, 5.41) is 0. The van der Waals surface area contributed by atoms with Crippen LogP contribution >= 0.6 is 0 Å². The Morgan fingerprint density at radius 3 is 1.62 bits per heavy atom. The molecule has 1 heterocycles. The van der Waals surface area contributed by atoms with Crippen LogP contribution in [0.3, 0.4) is 0 Å². The lowest BCUT2D eigenvalue weighted by atomic mass is 10.0. The van der Waals surface area contributed by atoms with Crippen molar-refractivity contribution in [2.45, 2.75) is 71.6 Å². The number of unbranched alkanes of at least 4 members (excludes halogenated alkanes) is 5. The van der Waals surface area contributed by atoms with E-state index in [2.05, 4.69) is 72.3 Å². The number of benzene rings is 2. The maximum atomic E-state index is 4.61. The van der Waals surface area contributed by atoms with Crippen molar-refractivity contribution in [3.05, 3.63) is 72.1 Å². The largest absolute Gasteiger partial charge is 0.236 e. The first-order valence-corrected chi connectivity index (χ1v) is 11.3. The molecule has 1 aromatic heterocycles. The van der Waals surface area contributed by atoms with Crippen LogP contribution < -0.4 is 0 Å². The molecule has 0 amide bonds. The predicted molar refractivity (Wildman–Crippen MR) is 124 cm³/mol. The number of rotatable bonds is 11. The zero-order valence-corrected chi connectivity index (χ0v) is 18.0. The number of aryl methyl sites for hydroxylation is 2. The lowest BCUT2D eigenvalue weighted by Crippen LogP contribution is -1.92. The second-order valence-electron chi connectivity index (χ2n) is 7.96. The Morgan fingerprint density at radius 2 is 1.03 bits per heavy atom. The van der Waals surface area contributed by atoms with Gasteiger partial charge in [-0.15, -0.1) is 0 Å². The van der Waals surface area contributed by atoms with Crippen LogP contribution in [-0.4, -0.2) is 9.97 Å². The fraction of sp³-hybridized carbons (Fsp3) is 0.407. The van der Waals surface area contributed by atoms with Gasteiger partial charge in [0.1, 0.15) is 0 Å². The maximum Gasteiger partial charge on any atom is 0.159 e. The minimum Gasteiger partial charge on any atom is -0.236 e. The molecule has 0 spiro atoms. The van der Waals surface area contributed by atoms with E-state index in [-0.39, 0.29) is 0 Å². The topological polar surface area (TPSA) is 25.8 Å². The molecule has 3 rings (SSSR count). The third-order valence-corrected chi connectivity index (χ3v) is 5.54. The van der Waals surface area contributed by atoms with Crippen LogP contribution in [0.1, 0.15) is 69.9 Å². The van der Waals surface area contributed by atoms with Crippen LogP contribution in [0, 0.1) is 0 Å². The minimum atomic E-state index is 0.794. The highest BCUT2D eigenvalue weighted by Gasteiger charge is 2.04. The molecule has 0 aliphatic heterocycles. The van der Waals surface area contributed by atoms with Gasteiger partial charge < -0.3 is 0 Å². The van der Waals surface area contributed by atoms with Gasteiger partial charge in [-0.1, -0.05) is 94.5 Å². The van der Waals surface area contributed by atoms with E-state index in [4.69, 9.17) is 0 Å². The molecule has 2 aromatic carbocycles. The van der Waals surface area contributed by atoms with Gasteiger partial charge in [-0.05, 0) is 42.4 Å². The summed E-state index contributed by atoms with van der Waals surface area (Å²) in [4.78, 5) is 9.22. The summed E-state index contributed by atoms with van der Waals surface area (Å²) in [6, 6.07) is 17.6. The lowest BCUT2D eigenvalue weighted by Gasteiger charge is -2.06. The highest BCUT2D eigenvalue weighted by Crippen LogP contribution is 2.22. The number of aromatic nitrogens is 2. The molecule has 0 fully saturated rings. The van der Waals surface area contributed by atoms with Crippen molar-refractivity contribution in [3.8, 4) is 22.5 Å². The second-order valence-corrected chi connectivity index (χ2v) is 7.96. The van der Waals surface area contributed by atoms with Crippen LogP contribution in [0.15, 0.2) is 60.9 Å². The number of hydrogen-bond donors (Lipinski definition) is 0. The first-order chi connectivity index (χ1) is 14.3. The van der Waals surface area contributed by atoms with Crippen LogP contribution in [0.4, 0.5) is 0 Å². The molecule has 0 N–H and O–H groups in total. The van der Waals surface area contributed by atoms with Gasteiger partial charge in [0.25, 0.3) is 0 Å². The molecule has 2 nitrogen and oxygen atoms in total. The maximum absolute atomic E-state index is 4.61. The van der Waals surface area contributed by atoms with Crippen LogP contribution in [0.5, 0.6) is 0 Å². The van der Waals surface area contributed by atoms with Gasteiger partial charge in [-0.2, -0.15) is 0 Å². The number of hydrogen-bond acceptors (Lipinski definition) is 2. The van der Waals surface area contributed by atoms with E-state index < -0.39 is 0 Å². The zero-order valence-electron chi connectivity index (χ0n) is 18.0. The third kappa shape index (κ3) is 6.52. The molecule has 0 atom stereocenters. The molecular formula is C27H34N2. The SMILES string of the molecule is CCCCCCCc1ccc(-c2ncc(-c3ccc(CCCC)cc3)cn2)cc1. The highest BCUT2D eigenvalue weighted by molar-refractivity contribution is 5.64. The molecule has 3 aromatic rings. The van der Waals surface area contributed by atoms with Crippen LogP contribution in [0.2, 0.25) is 0 Å². The quantitative estimate of drug-likeness (QED) is 0.316. The fourth-order valence-electron chi connectivity index (χ4n) is 3.62. The zero-order chi connectivity index (χ0) is 20.3. The molecule has 0 unspecified atom stereocenters. The van der Waals surface area contributed by atoms with Gasteiger partial charge in [0.05, 0.1) is 0 Å². The molecule has 0 saturated heterocycles. The Labute approximate surface area is 176 Å². The van der Waals surface area contributed by atoms with E-state index in [0.29, 0.717) is 0 Å². The summed E-state index contributed by atoms with van der Waals surface area (Å²) in [6.45, 7) is 4.49. The minimum absolute atomic E-state index is 0.794. The first kappa shape index (κ1) is 21.2. The smallest absolute Gasteiger partial charge is 0.159 e. The second kappa shape index (κ2) is 11.5. The van der Waals surface area contributed by atoms with Crippen LogP contribution in [-0.2, 0) is 12.8 Å². The van der Waals surface area contributed by atoms with Crippen molar-refractivity contribution >= 4 is 0 Å². The lowest BCUT2D eigenvalue weighted by molar-refractivity contribution is 0.632. The monoisotopic (exact) mass is 386 g/mol. The first-order valence-electron chi connectivity index (χ1n) is 11.3. The molecule has 0 radical (unpaired) electrons. The molecule has 0 aliphatic carbocycles. The van der Waals surface area contributed by atoms with Crippen LogP contribution in [0.25, 0.3) is 22.5 Å². The van der Waals surface area contributed by atoms with Gasteiger partial charge in [-0.3, -0.25) is 0 Å². The summed E-state index contributed by atoms with van der Waals surface area (Å²) in [5.41, 5.74) is 6.14. The van der Waals surface area contributed by atoms with Crippen molar-refractivity contribution in [2.75, 3.05) is 0 Å².